The van der Waals surface area contributed by atoms with Gasteiger partial charge in [0, 0.05) is 49.0 Å². The molecule has 3 aromatic rings. The van der Waals surface area contributed by atoms with Crippen LogP contribution >= 0.6 is 0 Å². The molecule has 20 heavy (non-hydrogen) atoms. The van der Waals surface area contributed by atoms with E-state index in [-0.39, 0.29) is 5.56 Å². The Balaban J connectivity index is 1.89. The number of hydrogen-bond acceptors (Lipinski definition) is 2. The zero-order chi connectivity index (χ0) is 13.9. The Labute approximate surface area is 117 Å². The molecule has 2 aromatic heterocycles. The second kappa shape index (κ2) is 5.35. The fourth-order valence-electron chi connectivity index (χ4n) is 2.52. The second-order valence-electron chi connectivity index (χ2n) is 4.80. The van der Waals surface area contributed by atoms with E-state index in [1.807, 2.05) is 24.4 Å². The van der Waals surface area contributed by atoms with E-state index in [4.69, 9.17) is 5.73 Å². The number of hydrogen-bond donors (Lipinski definition) is 1. The highest BCUT2D eigenvalue weighted by molar-refractivity contribution is 5.83. The second-order valence-corrected chi connectivity index (χ2v) is 4.80. The first-order valence-corrected chi connectivity index (χ1v) is 6.72. The highest BCUT2D eigenvalue weighted by atomic mass is 16.1. The Morgan fingerprint density at radius 1 is 0.900 bits per heavy atom. The number of rotatable bonds is 4. The molecule has 1 aromatic carbocycles. The first-order valence-electron chi connectivity index (χ1n) is 6.72. The zero-order valence-electron chi connectivity index (χ0n) is 11.2. The van der Waals surface area contributed by atoms with Crippen LogP contribution in [0.4, 0.5) is 0 Å². The third-order valence-corrected chi connectivity index (χ3v) is 3.60. The predicted octanol–water partition coefficient (Wildman–Crippen LogP) is 1.96. The van der Waals surface area contributed by atoms with Crippen molar-refractivity contribution >= 4 is 10.9 Å². The summed E-state index contributed by atoms with van der Waals surface area (Å²) in [6, 6.07) is 13.5. The van der Waals surface area contributed by atoms with Crippen molar-refractivity contribution in [3.05, 3.63) is 70.8 Å². The molecule has 0 bridgehead atoms. The topological polar surface area (TPSA) is 52.9 Å². The normalized spacial score (nSPS) is 11.1. The van der Waals surface area contributed by atoms with E-state index in [2.05, 4.69) is 22.9 Å². The Morgan fingerprint density at radius 2 is 1.75 bits per heavy atom. The molecule has 0 aliphatic rings. The molecule has 102 valence electrons. The number of fused-ring (bicyclic) bond motifs is 1. The highest BCUT2D eigenvalue weighted by Gasteiger charge is 2.04. The maximum atomic E-state index is 11.7. The minimum absolute atomic E-state index is 0.0339. The van der Waals surface area contributed by atoms with Crippen molar-refractivity contribution in [1.29, 1.82) is 0 Å². The van der Waals surface area contributed by atoms with Crippen LogP contribution in [0, 0.1) is 0 Å². The van der Waals surface area contributed by atoms with Gasteiger partial charge in [-0.25, -0.2) is 0 Å². The maximum Gasteiger partial charge on any atom is 0.250 e. The van der Waals surface area contributed by atoms with Crippen molar-refractivity contribution in [2.24, 2.45) is 5.73 Å². The van der Waals surface area contributed by atoms with E-state index >= 15 is 0 Å². The van der Waals surface area contributed by atoms with E-state index in [0.29, 0.717) is 13.1 Å². The van der Waals surface area contributed by atoms with E-state index in [0.717, 1.165) is 17.6 Å². The molecule has 2 heterocycles. The molecule has 0 fully saturated rings. The Morgan fingerprint density at radius 3 is 2.55 bits per heavy atom. The minimum atomic E-state index is 0.0339. The van der Waals surface area contributed by atoms with Gasteiger partial charge >= 0.3 is 0 Å². The van der Waals surface area contributed by atoms with Gasteiger partial charge in [0.05, 0.1) is 0 Å². The third kappa shape index (κ3) is 2.26. The lowest BCUT2D eigenvalue weighted by Crippen LogP contribution is -2.20. The van der Waals surface area contributed by atoms with Crippen molar-refractivity contribution < 1.29 is 0 Å². The van der Waals surface area contributed by atoms with Crippen molar-refractivity contribution in [2.45, 2.75) is 19.6 Å². The maximum absolute atomic E-state index is 11.7. The lowest BCUT2D eigenvalue weighted by molar-refractivity contribution is 0.577. The third-order valence-electron chi connectivity index (χ3n) is 3.60. The standard InChI is InChI=1S/C16H17N3O/c17-12-13-4-3-5-15-14(13)7-9-18(15)10-11-19-8-2-1-6-16(19)20/h1-9H,10-12,17H2. The van der Waals surface area contributed by atoms with E-state index in [9.17, 15) is 4.79 Å². The number of nitrogens with zero attached hydrogens (tertiary/aromatic N) is 2. The molecule has 0 spiro atoms. The molecule has 4 heteroatoms. The SMILES string of the molecule is NCc1cccc2c1ccn2CCn1ccccc1=O. The van der Waals surface area contributed by atoms with Gasteiger partial charge < -0.3 is 14.9 Å². The van der Waals surface area contributed by atoms with Crippen LogP contribution in [0.25, 0.3) is 10.9 Å². The van der Waals surface area contributed by atoms with Gasteiger partial charge in [0.2, 0.25) is 0 Å². The summed E-state index contributed by atoms with van der Waals surface area (Å²) in [5, 5.41) is 1.19. The monoisotopic (exact) mass is 267 g/mol. The van der Waals surface area contributed by atoms with Gasteiger partial charge in [-0.15, -0.1) is 0 Å². The van der Waals surface area contributed by atoms with Crippen LogP contribution in [0.2, 0.25) is 0 Å². The molecule has 0 aliphatic heterocycles. The predicted molar refractivity (Wildman–Crippen MR) is 80.5 cm³/mol. The summed E-state index contributed by atoms with van der Waals surface area (Å²) in [6.07, 6.45) is 3.87. The zero-order valence-corrected chi connectivity index (χ0v) is 11.2. The number of nitrogens with two attached hydrogens (primary N) is 1. The van der Waals surface area contributed by atoms with Crippen molar-refractivity contribution in [3.63, 3.8) is 0 Å². The molecule has 0 unspecified atom stereocenters. The van der Waals surface area contributed by atoms with Crippen LogP contribution < -0.4 is 11.3 Å². The summed E-state index contributed by atoms with van der Waals surface area (Å²) in [6.45, 7) is 1.97. The Kier molecular flexibility index (Phi) is 3.39. The van der Waals surface area contributed by atoms with Crippen molar-refractivity contribution in [1.82, 2.24) is 9.13 Å². The summed E-state index contributed by atoms with van der Waals surface area (Å²) in [7, 11) is 0. The molecule has 2 N–H and O–H groups in total. The Bertz CT molecular complexity index is 786. The Hall–Kier alpha value is -2.33. The number of benzene rings is 1. The molecule has 0 atom stereocenters. The summed E-state index contributed by atoms with van der Waals surface area (Å²) < 4.78 is 3.88. The van der Waals surface area contributed by atoms with Gasteiger partial charge in [-0.05, 0) is 23.8 Å². The quantitative estimate of drug-likeness (QED) is 0.785. The summed E-state index contributed by atoms with van der Waals surface area (Å²) >= 11 is 0. The van der Waals surface area contributed by atoms with Crippen LogP contribution in [0.1, 0.15) is 5.56 Å². The van der Waals surface area contributed by atoms with Crippen LogP contribution in [-0.2, 0) is 19.6 Å². The minimum Gasteiger partial charge on any atom is -0.346 e. The average molecular weight is 267 g/mol. The summed E-state index contributed by atoms with van der Waals surface area (Å²) in [5.74, 6) is 0. The van der Waals surface area contributed by atoms with Gasteiger partial charge in [0.25, 0.3) is 5.56 Å². The number of aromatic nitrogens is 2. The molecule has 4 nitrogen and oxygen atoms in total. The molecule has 0 aliphatic carbocycles. The fraction of sp³-hybridized carbons (Fsp3) is 0.188. The molecule has 0 radical (unpaired) electrons. The van der Waals surface area contributed by atoms with Crippen LogP contribution in [0.3, 0.4) is 0 Å². The van der Waals surface area contributed by atoms with Crippen LogP contribution in [-0.4, -0.2) is 9.13 Å². The lowest BCUT2D eigenvalue weighted by Gasteiger charge is -2.08. The van der Waals surface area contributed by atoms with Gasteiger partial charge in [-0.3, -0.25) is 4.79 Å². The van der Waals surface area contributed by atoms with Crippen LogP contribution in [0.5, 0.6) is 0 Å². The number of pyridine rings is 1. The average Bonchev–Trinajstić information content (AvgIpc) is 2.89. The highest BCUT2D eigenvalue weighted by Crippen LogP contribution is 2.19. The molecule has 0 saturated heterocycles. The van der Waals surface area contributed by atoms with Crippen LogP contribution in [0.15, 0.2) is 59.7 Å². The van der Waals surface area contributed by atoms with Gasteiger partial charge in [0.15, 0.2) is 0 Å². The first kappa shape index (κ1) is 12.7. The lowest BCUT2D eigenvalue weighted by atomic mass is 10.1. The van der Waals surface area contributed by atoms with E-state index in [1.165, 1.54) is 5.39 Å². The largest absolute Gasteiger partial charge is 0.346 e. The number of aryl methyl sites for hydroxylation is 2. The fourth-order valence-corrected chi connectivity index (χ4v) is 2.52. The van der Waals surface area contributed by atoms with Crippen molar-refractivity contribution in [3.8, 4) is 0 Å². The van der Waals surface area contributed by atoms with Gasteiger partial charge in [0.1, 0.15) is 0 Å². The van der Waals surface area contributed by atoms with Crippen molar-refractivity contribution in [2.75, 3.05) is 0 Å². The molecule has 3 rings (SSSR count). The van der Waals surface area contributed by atoms with E-state index < -0.39 is 0 Å². The van der Waals surface area contributed by atoms with E-state index in [1.54, 1.807) is 16.7 Å². The molecular weight excluding hydrogens is 250 g/mol. The summed E-state index contributed by atoms with van der Waals surface area (Å²) in [5.41, 5.74) is 8.10. The molecule has 0 amide bonds. The molecule has 0 saturated carbocycles. The first-order chi connectivity index (χ1) is 9.79. The summed E-state index contributed by atoms with van der Waals surface area (Å²) in [4.78, 5) is 11.7. The molecular formula is C16H17N3O. The van der Waals surface area contributed by atoms with Gasteiger partial charge in [-0.1, -0.05) is 18.2 Å². The van der Waals surface area contributed by atoms with Gasteiger partial charge in [-0.2, -0.15) is 0 Å². The smallest absolute Gasteiger partial charge is 0.250 e.